The van der Waals surface area contributed by atoms with Crippen LogP contribution in [-0.2, 0) is 6.42 Å². The van der Waals surface area contributed by atoms with Crippen molar-refractivity contribution in [1.29, 1.82) is 0 Å². The molecule has 3 nitrogen and oxygen atoms in total. The fourth-order valence-electron chi connectivity index (χ4n) is 1.53. The molecule has 0 bridgehead atoms. The fourth-order valence-corrected chi connectivity index (χ4v) is 2.39. The predicted octanol–water partition coefficient (Wildman–Crippen LogP) is 2.33. The zero-order chi connectivity index (χ0) is 11.3. The molecule has 2 N–H and O–H groups in total. The topological polar surface area (TPSA) is 56.0 Å². The van der Waals surface area contributed by atoms with Gasteiger partial charge < -0.3 is 5.73 Å². The van der Waals surface area contributed by atoms with Crippen LogP contribution < -0.4 is 5.73 Å². The van der Waals surface area contributed by atoms with Gasteiger partial charge in [0.15, 0.2) is 5.78 Å². The number of rotatable bonds is 6. The van der Waals surface area contributed by atoms with E-state index in [-0.39, 0.29) is 5.78 Å². The van der Waals surface area contributed by atoms with Crippen LogP contribution in [0.15, 0.2) is 0 Å². The lowest BCUT2D eigenvalue weighted by Gasteiger charge is -1.99. The molecule has 84 valence electrons. The van der Waals surface area contributed by atoms with Crippen LogP contribution in [0.2, 0.25) is 0 Å². The van der Waals surface area contributed by atoms with Crippen molar-refractivity contribution in [3.8, 4) is 0 Å². The third-order valence-corrected chi connectivity index (χ3v) is 3.36. The number of aryl methyl sites for hydroxylation is 2. The molecule has 1 rings (SSSR count). The summed E-state index contributed by atoms with van der Waals surface area (Å²) in [5, 5.41) is 0.981. The van der Waals surface area contributed by atoms with Gasteiger partial charge in [0, 0.05) is 6.92 Å². The minimum Gasteiger partial charge on any atom is -0.330 e. The van der Waals surface area contributed by atoms with Crippen LogP contribution in [0, 0.1) is 6.92 Å². The fraction of sp³-hybridized carbons (Fsp3) is 0.636. The molecule has 1 heterocycles. The van der Waals surface area contributed by atoms with Gasteiger partial charge in [-0.15, -0.1) is 11.3 Å². The van der Waals surface area contributed by atoms with Gasteiger partial charge in [0.1, 0.15) is 0 Å². The van der Waals surface area contributed by atoms with Gasteiger partial charge in [-0.25, -0.2) is 4.98 Å². The molecule has 0 aliphatic carbocycles. The Labute approximate surface area is 94.7 Å². The third-order valence-electron chi connectivity index (χ3n) is 2.24. The molecule has 0 aliphatic rings. The molecule has 0 aromatic carbocycles. The number of carbonyl (C=O) groups excluding carboxylic acids is 1. The highest BCUT2D eigenvalue weighted by atomic mass is 32.1. The Morgan fingerprint density at radius 3 is 2.73 bits per heavy atom. The number of thiazole rings is 1. The van der Waals surface area contributed by atoms with Crippen LogP contribution in [0.3, 0.4) is 0 Å². The lowest BCUT2D eigenvalue weighted by atomic mass is 10.1. The number of hydrogen-bond acceptors (Lipinski definition) is 4. The molecular formula is C11H18N2OS. The number of ketones is 1. The zero-order valence-electron chi connectivity index (χ0n) is 9.38. The summed E-state index contributed by atoms with van der Waals surface area (Å²) in [6.07, 6.45) is 4.14. The molecule has 1 aromatic heterocycles. The van der Waals surface area contributed by atoms with E-state index in [1.807, 2.05) is 6.92 Å². The first-order valence-electron chi connectivity index (χ1n) is 5.32. The van der Waals surface area contributed by atoms with Crippen LogP contribution in [0.4, 0.5) is 0 Å². The lowest BCUT2D eigenvalue weighted by molar-refractivity contribution is 0.102. The van der Waals surface area contributed by atoms with Gasteiger partial charge in [0.05, 0.1) is 15.6 Å². The van der Waals surface area contributed by atoms with E-state index in [4.69, 9.17) is 5.73 Å². The van der Waals surface area contributed by atoms with Gasteiger partial charge in [0.25, 0.3) is 0 Å². The van der Waals surface area contributed by atoms with Crippen LogP contribution in [-0.4, -0.2) is 17.3 Å². The van der Waals surface area contributed by atoms with Gasteiger partial charge in [0.2, 0.25) is 0 Å². The summed E-state index contributed by atoms with van der Waals surface area (Å²) in [4.78, 5) is 16.5. The molecule has 0 spiro atoms. The average molecular weight is 226 g/mol. The van der Waals surface area contributed by atoms with E-state index in [0.717, 1.165) is 47.8 Å². The molecule has 0 aliphatic heterocycles. The maximum Gasteiger partial charge on any atom is 0.171 e. The van der Waals surface area contributed by atoms with E-state index in [0.29, 0.717) is 0 Å². The Kier molecular flexibility index (Phi) is 4.91. The minimum atomic E-state index is 0.134. The molecule has 15 heavy (non-hydrogen) atoms. The highest BCUT2D eigenvalue weighted by Crippen LogP contribution is 2.20. The predicted molar refractivity (Wildman–Crippen MR) is 63.5 cm³/mol. The lowest BCUT2D eigenvalue weighted by Crippen LogP contribution is -2.00. The first-order chi connectivity index (χ1) is 7.15. The largest absolute Gasteiger partial charge is 0.330 e. The van der Waals surface area contributed by atoms with Gasteiger partial charge in [-0.3, -0.25) is 4.79 Å². The summed E-state index contributed by atoms with van der Waals surface area (Å²) in [6, 6.07) is 0. The van der Waals surface area contributed by atoms with Crippen molar-refractivity contribution in [2.24, 2.45) is 5.73 Å². The third kappa shape index (κ3) is 3.72. The van der Waals surface area contributed by atoms with E-state index < -0.39 is 0 Å². The number of nitrogens with zero attached hydrogens (tertiary/aromatic N) is 1. The molecule has 4 heteroatoms. The number of unbranched alkanes of at least 4 members (excludes halogenated alkanes) is 2. The normalized spacial score (nSPS) is 10.6. The van der Waals surface area contributed by atoms with Gasteiger partial charge in [-0.05, 0) is 32.7 Å². The Morgan fingerprint density at radius 2 is 2.13 bits per heavy atom. The van der Waals surface area contributed by atoms with Crippen LogP contribution in [0.5, 0.6) is 0 Å². The van der Waals surface area contributed by atoms with E-state index in [2.05, 4.69) is 4.98 Å². The Hall–Kier alpha value is -0.740. The van der Waals surface area contributed by atoms with Crippen molar-refractivity contribution >= 4 is 17.1 Å². The minimum absolute atomic E-state index is 0.134. The molecule has 0 radical (unpaired) electrons. The van der Waals surface area contributed by atoms with E-state index >= 15 is 0 Å². The highest BCUT2D eigenvalue weighted by Gasteiger charge is 2.12. The highest BCUT2D eigenvalue weighted by molar-refractivity contribution is 7.13. The van der Waals surface area contributed by atoms with Crippen molar-refractivity contribution in [2.45, 2.75) is 39.5 Å². The molecule has 0 fully saturated rings. The van der Waals surface area contributed by atoms with E-state index in [9.17, 15) is 4.79 Å². The van der Waals surface area contributed by atoms with Crippen molar-refractivity contribution in [1.82, 2.24) is 4.98 Å². The summed E-state index contributed by atoms with van der Waals surface area (Å²) in [6.45, 7) is 4.30. The van der Waals surface area contributed by atoms with Gasteiger partial charge in [-0.2, -0.15) is 0 Å². The quantitative estimate of drug-likeness (QED) is 0.598. The van der Waals surface area contributed by atoms with Crippen LogP contribution in [0.25, 0.3) is 0 Å². The molecule has 0 saturated heterocycles. The number of hydrogen-bond donors (Lipinski definition) is 1. The van der Waals surface area contributed by atoms with E-state index in [1.165, 1.54) is 11.3 Å². The Bertz CT molecular complexity index is 333. The number of aromatic nitrogens is 1. The smallest absolute Gasteiger partial charge is 0.171 e. The van der Waals surface area contributed by atoms with Crippen molar-refractivity contribution < 1.29 is 4.79 Å². The SMILES string of the molecule is CC(=O)c1sc(C)nc1CCCCCN. The number of Topliss-reactive ketones (excluding diaryl/α,β-unsaturated/α-hetero) is 1. The summed E-state index contributed by atoms with van der Waals surface area (Å²) < 4.78 is 0. The first kappa shape index (κ1) is 12.3. The Morgan fingerprint density at radius 1 is 1.40 bits per heavy atom. The summed E-state index contributed by atoms with van der Waals surface area (Å²) in [5.74, 6) is 0.134. The van der Waals surface area contributed by atoms with Crippen molar-refractivity contribution in [3.63, 3.8) is 0 Å². The van der Waals surface area contributed by atoms with Gasteiger partial charge >= 0.3 is 0 Å². The van der Waals surface area contributed by atoms with E-state index in [1.54, 1.807) is 6.92 Å². The molecule has 0 amide bonds. The average Bonchev–Trinajstić information content (AvgIpc) is 2.55. The second-order valence-corrected chi connectivity index (χ2v) is 4.87. The standard InChI is InChI=1S/C11H18N2OS/c1-8(14)11-10(13-9(2)15-11)6-4-3-5-7-12/h3-7,12H2,1-2H3. The second kappa shape index (κ2) is 5.98. The van der Waals surface area contributed by atoms with Crippen molar-refractivity contribution in [2.75, 3.05) is 6.54 Å². The molecule has 0 saturated carbocycles. The Balaban J connectivity index is 2.55. The molecule has 1 aromatic rings. The monoisotopic (exact) mass is 226 g/mol. The first-order valence-corrected chi connectivity index (χ1v) is 6.14. The maximum absolute atomic E-state index is 11.3. The van der Waals surface area contributed by atoms with Crippen LogP contribution >= 0.6 is 11.3 Å². The van der Waals surface area contributed by atoms with Crippen LogP contribution in [0.1, 0.15) is 46.6 Å². The summed E-state index contributed by atoms with van der Waals surface area (Å²) in [5.41, 5.74) is 6.40. The molecule has 0 atom stereocenters. The summed E-state index contributed by atoms with van der Waals surface area (Å²) >= 11 is 1.50. The number of nitrogens with two attached hydrogens (primary N) is 1. The zero-order valence-corrected chi connectivity index (χ0v) is 10.2. The number of carbonyl (C=O) groups is 1. The molecule has 0 unspecified atom stereocenters. The maximum atomic E-state index is 11.3. The molecular weight excluding hydrogens is 208 g/mol. The summed E-state index contributed by atoms with van der Waals surface area (Å²) in [7, 11) is 0. The van der Waals surface area contributed by atoms with Crippen molar-refractivity contribution in [3.05, 3.63) is 15.6 Å². The second-order valence-electron chi connectivity index (χ2n) is 3.66. The van der Waals surface area contributed by atoms with Gasteiger partial charge in [-0.1, -0.05) is 6.42 Å².